The van der Waals surface area contributed by atoms with Gasteiger partial charge in [-0.25, -0.2) is 4.98 Å². The van der Waals surface area contributed by atoms with Gasteiger partial charge in [0.25, 0.3) is 5.91 Å². The molecule has 0 saturated carbocycles. The number of aromatic nitrogens is 1. The topological polar surface area (TPSA) is 91.8 Å². The summed E-state index contributed by atoms with van der Waals surface area (Å²) in [6, 6.07) is 0. The third kappa shape index (κ3) is 4.86. The van der Waals surface area contributed by atoms with Crippen LogP contribution in [0.4, 0.5) is 0 Å². The van der Waals surface area contributed by atoms with Crippen LogP contribution in [0, 0.1) is 12.8 Å². The van der Waals surface area contributed by atoms with Gasteiger partial charge in [-0.2, -0.15) is 0 Å². The van der Waals surface area contributed by atoms with E-state index >= 15 is 0 Å². The fourth-order valence-electron chi connectivity index (χ4n) is 1.63. The second-order valence-corrected chi connectivity index (χ2v) is 5.96. The number of rotatable bonds is 6. The first-order chi connectivity index (χ1) is 8.93. The Bertz CT molecular complexity index is 456. The number of amides is 1. The van der Waals surface area contributed by atoms with E-state index in [0.717, 1.165) is 5.01 Å². The molecule has 1 aromatic heterocycles. The van der Waals surface area contributed by atoms with Crippen molar-refractivity contribution in [1.82, 2.24) is 9.88 Å². The van der Waals surface area contributed by atoms with Gasteiger partial charge in [0, 0.05) is 19.5 Å². The Balaban J connectivity index is 2.75. The minimum absolute atomic E-state index is 0.0509. The molecule has 0 aromatic carbocycles. The van der Waals surface area contributed by atoms with Crippen molar-refractivity contribution >= 4 is 23.1 Å². The summed E-state index contributed by atoms with van der Waals surface area (Å²) in [6.07, 6.45) is 1.95. The Morgan fingerprint density at radius 1 is 1.63 bits per heavy atom. The molecule has 106 valence electrons. The summed E-state index contributed by atoms with van der Waals surface area (Å²) in [4.78, 5) is 18.8. The first kappa shape index (κ1) is 15.4. The van der Waals surface area contributed by atoms with Crippen molar-refractivity contribution in [3.05, 3.63) is 16.1 Å². The van der Waals surface area contributed by atoms with Gasteiger partial charge in [-0.1, -0.05) is 19.0 Å². The van der Waals surface area contributed by atoms with Crippen molar-refractivity contribution in [3.8, 4) is 0 Å². The van der Waals surface area contributed by atoms with Crippen LogP contribution >= 0.6 is 11.3 Å². The third-order valence-corrected chi connectivity index (χ3v) is 3.37. The van der Waals surface area contributed by atoms with Crippen molar-refractivity contribution in [2.45, 2.75) is 27.2 Å². The highest BCUT2D eigenvalue weighted by atomic mass is 32.1. The fourth-order valence-corrected chi connectivity index (χ4v) is 2.38. The van der Waals surface area contributed by atoms with E-state index in [0.29, 0.717) is 30.3 Å². The molecule has 0 saturated heterocycles. The molecule has 0 unspecified atom stereocenters. The zero-order chi connectivity index (χ0) is 14.4. The summed E-state index contributed by atoms with van der Waals surface area (Å²) in [5.41, 5.74) is 5.45. The van der Waals surface area contributed by atoms with E-state index in [4.69, 9.17) is 10.9 Å². The molecular weight excluding hydrogens is 264 g/mol. The molecular formula is C12H20N4O2S. The highest BCUT2D eigenvalue weighted by Crippen LogP contribution is 2.15. The van der Waals surface area contributed by atoms with Crippen LogP contribution in [0.2, 0.25) is 0 Å². The van der Waals surface area contributed by atoms with Crippen molar-refractivity contribution in [3.63, 3.8) is 0 Å². The van der Waals surface area contributed by atoms with Crippen LogP contribution in [0.1, 0.15) is 34.9 Å². The molecule has 0 atom stereocenters. The van der Waals surface area contributed by atoms with E-state index in [1.807, 2.05) is 20.8 Å². The predicted molar refractivity (Wildman–Crippen MR) is 75.6 cm³/mol. The smallest absolute Gasteiger partial charge is 0.265 e. The summed E-state index contributed by atoms with van der Waals surface area (Å²) in [7, 11) is 0. The van der Waals surface area contributed by atoms with E-state index in [2.05, 4.69) is 10.1 Å². The fraction of sp³-hybridized carbons (Fsp3) is 0.583. The summed E-state index contributed by atoms with van der Waals surface area (Å²) in [5.74, 6) is 0.428. The van der Waals surface area contributed by atoms with Gasteiger partial charge in [0.1, 0.15) is 10.7 Å². The van der Waals surface area contributed by atoms with Crippen molar-refractivity contribution in [1.29, 1.82) is 0 Å². The summed E-state index contributed by atoms with van der Waals surface area (Å²) in [5, 5.41) is 12.3. The number of hydrogen-bond donors (Lipinski definition) is 2. The van der Waals surface area contributed by atoms with Crippen LogP contribution in [0.25, 0.3) is 0 Å². The Morgan fingerprint density at radius 3 is 2.79 bits per heavy atom. The van der Waals surface area contributed by atoms with Gasteiger partial charge in [0.2, 0.25) is 0 Å². The minimum atomic E-state index is -0.0509. The predicted octanol–water partition coefficient (Wildman–Crippen LogP) is 1.69. The standard InChI is InChI=1S/C12H20N4O2S/c1-8(2)7-16(5-4-11(13)15-18)12(17)10-6-14-9(3)19-10/h6,8,18H,4-5,7H2,1-3H3,(H2,13,15). The summed E-state index contributed by atoms with van der Waals surface area (Å²) < 4.78 is 0. The molecule has 7 heteroatoms. The van der Waals surface area contributed by atoms with Gasteiger partial charge < -0.3 is 15.8 Å². The second kappa shape index (κ2) is 7.08. The Kier molecular flexibility index (Phi) is 5.75. The first-order valence-electron chi connectivity index (χ1n) is 6.12. The average Bonchev–Trinajstić information content (AvgIpc) is 2.79. The highest BCUT2D eigenvalue weighted by Gasteiger charge is 2.19. The number of amidine groups is 1. The lowest BCUT2D eigenvalue weighted by Gasteiger charge is -2.23. The molecule has 0 aliphatic carbocycles. The summed E-state index contributed by atoms with van der Waals surface area (Å²) >= 11 is 1.38. The molecule has 6 nitrogen and oxygen atoms in total. The van der Waals surface area contributed by atoms with Gasteiger partial charge in [-0.3, -0.25) is 4.79 Å². The molecule has 3 N–H and O–H groups in total. The zero-order valence-corrected chi connectivity index (χ0v) is 12.3. The quantitative estimate of drug-likeness (QED) is 0.360. The SMILES string of the molecule is Cc1ncc(C(=O)N(CCC(N)=NO)CC(C)C)s1. The maximum Gasteiger partial charge on any atom is 0.265 e. The Morgan fingerprint density at radius 2 is 2.32 bits per heavy atom. The molecule has 0 fully saturated rings. The maximum absolute atomic E-state index is 12.3. The normalized spacial score (nSPS) is 11.9. The lowest BCUT2D eigenvalue weighted by atomic mass is 10.2. The number of nitrogens with zero attached hydrogens (tertiary/aromatic N) is 3. The molecule has 0 bridgehead atoms. The number of oxime groups is 1. The number of carbonyl (C=O) groups is 1. The number of hydrogen-bond acceptors (Lipinski definition) is 5. The third-order valence-electron chi connectivity index (χ3n) is 2.47. The molecule has 1 heterocycles. The zero-order valence-electron chi connectivity index (χ0n) is 11.5. The number of carbonyl (C=O) groups excluding carboxylic acids is 1. The van der Waals surface area contributed by atoms with Crippen molar-refractivity contribution in [2.75, 3.05) is 13.1 Å². The van der Waals surface area contributed by atoms with Crippen LogP contribution in [0.5, 0.6) is 0 Å². The molecule has 1 amide bonds. The van der Waals surface area contributed by atoms with E-state index in [1.165, 1.54) is 11.3 Å². The lowest BCUT2D eigenvalue weighted by Crippen LogP contribution is -2.36. The number of nitrogens with two attached hydrogens (primary N) is 1. The van der Waals surface area contributed by atoms with E-state index in [-0.39, 0.29) is 11.7 Å². The summed E-state index contributed by atoms with van der Waals surface area (Å²) in [6.45, 7) is 7.02. The molecule has 0 aliphatic heterocycles. The Hall–Kier alpha value is -1.63. The monoisotopic (exact) mass is 284 g/mol. The lowest BCUT2D eigenvalue weighted by molar-refractivity contribution is 0.0745. The van der Waals surface area contributed by atoms with E-state index in [9.17, 15) is 4.79 Å². The molecule has 0 spiro atoms. The van der Waals surface area contributed by atoms with Crippen LogP contribution < -0.4 is 5.73 Å². The van der Waals surface area contributed by atoms with Crippen LogP contribution in [0.3, 0.4) is 0 Å². The minimum Gasteiger partial charge on any atom is -0.409 e. The van der Waals surface area contributed by atoms with Gasteiger partial charge in [0.05, 0.1) is 11.2 Å². The van der Waals surface area contributed by atoms with Crippen LogP contribution in [0.15, 0.2) is 11.4 Å². The number of thiazole rings is 1. The average molecular weight is 284 g/mol. The number of aryl methyl sites for hydroxylation is 1. The van der Waals surface area contributed by atoms with Crippen LogP contribution in [-0.4, -0.2) is 39.9 Å². The van der Waals surface area contributed by atoms with Gasteiger partial charge in [-0.15, -0.1) is 11.3 Å². The molecule has 1 rings (SSSR count). The largest absolute Gasteiger partial charge is 0.409 e. The molecule has 1 aromatic rings. The highest BCUT2D eigenvalue weighted by molar-refractivity contribution is 7.13. The molecule has 19 heavy (non-hydrogen) atoms. The Labute approximate surface area is 116 Å². The van der Waals surface area contributed by atoms with Crippen molar-refractivity contribution < 1.29 is 10.0 Å². The maximum atomic E-state index is 12.3. The first-order valence-corrected chi connectivity index (χ1v) is 6.93. The van der Waals surface area contributed by atoms with Gasteiger partial charge in [-0.05, 0) is 12.8 Å². The van der Waals surface area contributed by atoms with Gasteiger partial charge >= 0.3 is 0 Å². The van der Waals surface area contributed by atoms with E-state index in [1.54, 1.807) is 11.1 Å². The van der Waals surface area contributed by atoms with Crippen LogP contribution in [-0.2, 0) is 0 Å². The second-order valence-electron chi connectivity index (χ2n) is 4.73. The van der Waals surface area contributed by atoms with Crippen molar-refractivity contribution in [2.24, 2.45) is 16.8 Å². The van der Waals surface area contributed by atoms with E-state index < -0.39 is 0 Å². The molecule has 0 aliphatic rings. The molecule has 0 radical (unpaired) electrons. The van der Waals surface area contributed by atoms with Gasteiger partial charge in [0.15, 0.2) is 0 Å².